The van der Waals surface area contributed by atoms with Gasteiger partial charge in [0.05, 0.1) is 11.9 Å². The first-order chi connectivity index (χ1) is 7.57. The van der Waals surface area contributed by atoms with Gasteiger partial charge < -0.3 is 10.2 Å². The van der Waals surface area contributed by atoms with Crippen LogP contribution in [0.2, 0.25) is 0 Å². The summed E-state index contributed by atoms with van der Waals surface area (Å²) in [5, 5.41) is 3.22. The van der Waals surface area contributed by atoms with Crippen molar-refractivity contribution in [2.75, 3.05) is 31.1 Å². The maximum absolute atomic E-state index is 11.2. The fourth-order valence-corrected chi connectivity index (χ4v) is 2.34. The topological polar surface area (TPSA) is 62.3 Å². The number of halogens is 1. The van der Waals surface area contributed by atoms with Crippen LogP contribution in [0, 0.1) is 0 Å². The van der Waals surface area contributed by atoms with Gasteiger partial charge in [-0.2, -0.15) is 0 Å². The summed E-state index contributed by atoms with van der Waals surface area (Å²) in [6.45, 7) is 3.45. The molecule has 0 bridgehead atoms. The van der Waals surface area contributed by atoms with Gasteiger partial charge in [-0.05, 0) is 6.07 Å². The van der Waals surface area contributed by atoms with Gasteiger partial charge in [-0.3, -0.25) is 4.98 Å². The van der Waals surface area contributed by atoms with E-state index in [4.69, 9.17) is 10.7 Å². The van der Waals surface area contributed by atoms with E-state index in [2.05, 4.69) is 15.2 Å². The highest BCUT2D eigenvalue weighted by atomic mass is 35.7. The molecule has 1 saturated heterocycles. The summed E-state index contributed by atoms with van der Waals surface area (Å²) >= 11 is 0. The number of hydrogen-bond acceptors (Lipinski definition) is 5. The van der Waals surface area contributed by atoms with Crippen LogP contribution < -0.4 is 10.2 Å². The lowest BCUT2D eigenvalue weighted by molar-refractivity contribution is 0.587. The molecule has 2 heterocycles. The van der Waals surface area contributed by atoms with E-state index in [1.165, 1.54) is 6.20 Å². The summed E-state index contributed by atoms with van der Waals surface area (Å²) in [5.41, 5.74) is 0.795. The third kappa shape index (κ3) is 2.63. The van der Waals surface area contributed by atoms with Crippen LogP contribution in [0.5, 0.6) is 0 Å². The molecule has 1 aliphatic rings. The lowest BCUT2D eigenvalue weighted by Gasteiger charge is -2.29. The molecule has 1 aromatic rings. The average Bonchev–Trinajstić information content (AvgIpc) is 2.29. The second kappa shape index (κ2) is 4.57. The van der Waals surface area contributed by atoms with Crippen LogP contribution in [0.25, 0.3) is 0 Å². The van der Waals surface area contributed by atoms with Crippen LogP contribution >= 0.6 is 10.7 Å². The molecule has 0 amide bonds. The average molecular weight is 262 g/mol. The van der Waals surface area contributed by atoms with Crippen LogP contribution in [0.4, 0.5) is 5.69 Å². The van der Waals surface area contributed by atoms with Crippen molar-refractivity contribution >= 4 is 25.4 Å². The molecule has 0 radical (unpaired) electrons. The predicted molar refractivity (Wildman–Crippen MR) is 62.4 cm³/mol. The highest BCUT2D eigenvalue weighted by Crippen LogP contribution is 2.20. The van der Waals surface area contributed by atoms with Gasteiger partial charge in [-0.25, -0.2) is 8.42 Å². The maximum atomic E-state index is 11.2. The number of piperazine rings is 1. The third-order valence-corrected chi connectivity index (χ3v) is 3.78. The number of hydrogen-bond donors (Lipinski definition) is 1. The van der Waals surface area contributed by atoms with E-state index in [0.29, 0.717) is 0 Å². The van der Waals surface area contributed by atoms with Gasteiger partial charge in [0.1, 0.15) is 4.90 Å². The Morgan fingerprint density at radius 2 is 2.00 bits per heavy atom. The lowest BCUT2D eigenvalue weighted by atomic mass is 10.3. The van der Waals surface area contributed by atoms with E-state index in [1.54, 1.807) is 12.3 Å². The van der Waals surface area contributed by atoms with E-state index < -0.39 is 9.05 Å². The zero-order valence-corrected chi connectivity index (χ0v) is 10.1. The van der Waals surface area contributed by atoms with Gasteiger partial charge in [0.2, 0.25) is 0 Å². The number of aromatic nitrogens is 1. The second-order valence-corrected chi connectivity index (χ2v) is 6.12. The fourth-order valence-electron chi connectivity index (χ4n) is 1.64. The molecule has 0 unspecified atom stereocenters. The molecule has 1 aromatic heterocycles. The number of rotatable bonds is 2. The predicted octanol–water partition coefficient (Wildman–Crippen LogP) is 0.419. The van der Waals surface area contributed by atoms with E-state index in [0.717, 1.165) is 31.9 Å². The Morgan fingerprint density at radius 3 is 2.62 bits per heavy atom. The van der Waals surface area contributed by atoms with Gasteiger partial charge >= 0.3 is 0 Å². The Morgan fingerprint density at radius 1 is 1.31 bits per heavy atom. The van der Waals surface area contributed by atoms with E-state index in [9.17, 15) is 8.42 Å². The molecule has 0 spiro atoms. The summed E-state index contributed by atoms with van der Waals surface area (Å²) in [7, 11) is 1.57. The first-order valence-corrected chi connectivity index (χ1v) is 7.24. The first kappa shape index (κ1) is 11.6. The molecule has 0 aliphatic carbocycles. The van der Waals surface area contributed by atoms with Gasteiger partial charge in [0, 0.05) is 43.1 Å². The molecule has 0 atom stereocenters. The van der Waals surface area contributed by atoms with Crippen LogP contribution in [-0.4, -0.2) is 39.6 Å². The molecule has 1 fully saturated rings. The SMILES string of the molecule is O=S(=O)(Cl)c1cncc(N2CCNCC2)c1. The quantitative estimate of drug-likeness (QED) is 0.782. The molecule has 16 heavy (non-hydrogen) atoms. The molecule has 1 aliphatic heterocycles. The van der Waals surface area contributed by atoms with Crippen LogP contribution in [0.3, 0.4) is 0 Å². The maximum Gasteiger partial charge on any atom is 0.262 e. The normalized spacial score (nSPS) is 17.4. The minimum atomic E-state index is -3.70. The third-order valence-electron chi connectivity index (χ3n) is 2.46. The molecular formula is C9H12ClN3O2S. The molecule has 2 rings (SSSR count). The monoisotopic (exact) mass is 261 g/mol. The zero-order chi connectivity index (χ0) is 11.6. The van der Waals surface area contributed by atoms with Gasteiger partial charge in [-0.15, -0.1) is 0 Å². The summed E-state index contributed by atoms with van der Waals surface area (Å²) in [4.78, 5) is 6.03. The molecule has 1 N–H and O–H groups in total. The van der Waals surface area contributed by atoms with Crippen molar-refractivity contribution in [3.05, 3.63) is 18.5 Å². The van der Waals surface area contributed by atoms with Crippen LogP contribution in [-0.2, 0) is 9.05 Å². The van der Waals surface area contributed by atoms with Crippen molar-refractivity contribution in [2.24, 2.45) is 0 Å². The Kier molecular flexibility index (Phi) is 3.32. The zero-order valence-electron chi connectivity index (χ0n) is 8.56. The Labute approximate surface area is 98.8 Å². The van der Waals surface area contributed by atoms with Crippen molar-refractivity contribution in [3.8, 4) is 0 Å². The largest absolute Gasteiger partial charge is 0.368 e. The summed E-state index contributed by atoms with van der Waals surface area (Å²) in [5.74, 6) is 0. The van der Waals surface area contributed by atoms with E-state index >= 15 is 0 Å². The lowest BCUT2D eigenvalue weighted by Crippen LogP contribution is -2.43. The number of pyridine rings is 1. The smallest absolute Gasteiger partial charge is 0.262 e. The Bertz CT molecular complexity index is 471. The fraction of sp³-hybridized carbons (Fsp3) is 0.444. The summed E-state index contributed by atoms with van der Waals surface area (Å²) in [6, 6.07) is 1.56. The number of anilines is 1. The minimum absolute atomic E-state index is 0.0465. The Hall–Kier alpha value is -0.850. The summed E-state index contributed by atoms with van der Waals surface area (Å²) < 4.78 is 22.3. The number of nitrogens with zero attached hydrogens (tertiary/aromatic N) is 2. The summed E-state index contributed by atoms with van der Waals surface area (Å²) in [6.07, 6.45) is 2.91. The standard InChI is InChI=1S/C9H12ClN3O2S/c10-16(14,15)9-5-8(6-12-7-9)13-3-1-11-2-4-13/h5-7,11H,1-4H2. The van der Waals surface area contributed by atoms with Crippen LogP contribution in [0.1, 0.15) is 0 Å². The highest BCUT2D eigenvalue weighted by Gasteiger charge is 2.15. The van der Waals surface area contributed by atoms with Gasteiger partial charge in [0.15, 0.2) is 0 Å². The molecule has 0 saturated carbocycles. The number of nitrogens with one attached hydrogen (secondary N) is 1. The van der Waals surface area contributed by atoms with Gasteiger partial charge in [0.25, 0.3) is 9.05 Å². The molecule has 0 aromatic carbocycles. The van der Waals surface area contributed by atoms with Crippen LogP contribution in [0.15, 0.2) is 23.4 Å². The van der Waals surface area contributed by atoms with Crippen molar-refractivity contribution in [2.45, 2.75) is 4.90 Å². The first-order valence-electron chi connectivity index (χ1n) is 4.93. The van der Waals surface area contributed by atoms with E-state index in [1.807, 2.05) is 0 Å². The Balaban J connectivity index is 2.28. The van der Waals surface area contributed by atoms with Crippen molar-refractivity contribution in [1.29, 1.82) is 0 Å². The molecule has 88 valence electrons. The minimum Gasteiger partial charge on any atom is -0.368 e. The van der Waals surface area contributed by atoms with Gasteiger partial charge in [-0.1, -0.05) is 0 Å². The van der Waals surface area contributed by atoms with E-state index in [-0.39, 0.29) is 4.90 Å². The van der Waals surface area contributed by atoms with Crippen molar-refractivity contribution < 1.29 is 8.42 Å². The highest BCUT2D eigenvalue weighted by molar-refractivity contribution is 8.13. The molecule has 7 heteroatoms. The van der Waals surface area contributed by atoms with Crippen molar-refractivity contribution in [3.63, 3.8) is 0 Å². The van der Waals surface area contributed by atoms with Crippen molar-refractivity contribution in [1.82, 2.24) is 10.3 Å². The molecular weight excluding hydrogens is 250 g/mol. The molecule has 5 nitrogen and oxygen atoms in total. The second-order valence-electron chi connectivity index (χ2n) is 3.55.